The molecule has 2 atom stereocenters. The zero-order valence-corrected chi connectivity index (χ0v) is 22.7. The smallest absolute Gasteiger partial charge is 0.162 e. The number of hydrogen-bond acceptors (Lipinski definition) is 4. The Morgan fingerprint density at radius 3 is 2.06 bits per heavy atom. The van der Waals surface area contributed by atoms with E-state index in [0.717, 1.165) is 44.9 Å². The summed E-state index contributed by atoms with van der Waals surface area (Å²) in [5.74, 6) is 1.76. The molecule has 0 amide bonds. The van der Waals surface area contributed by atoms with Gasteiger partial charge in [-0.15, -0.1) is 0 Å². The van der Waals surface area contributed by atoms with E-state index in [9.17, 15) is 9.59 Å². The molecule has 0 fully saturated rings. The van der Waals surface area contributed by atoms with Gasteiger partial charge in [-0.3, -0.25) is 14.6 Å². The van der Waals surface area contributed by atoms with Crippen molar-refractivity contribution in [2.24, 2.45) is 16.8 Å². The van der Waals surface area contributed by atoms with E-state index in [1.54, 1.807) is 18.2 Å². The van der Waals surface area contributed by atoms with Gasteiger partial charge in [0.25, 0.3) is 0 Å². The molecule has 0 heterocycles. The SMILES string of the molecule is C=Nc1cc(C(=O)CCCC(CCC)C(CCC)CCCC(=O)CCc2ccc(C)cc2)ccc1N. The predicted molar refractivity (Wildman–Crippen MR) is 153 cm³/mol. The lowest BCUT2D eigenvalue weighted by atomic mass is 9.79. The van der Waals surface area contributed by atoms with E-state index in [0.29, 0.717) is 53.8 Å². The Hall–Kier alpha value is -2.75. The number of Topliss-reactive ketones (excluding diaryl/α,β-unsaturated/α-hetero) is 2. The normalized spacial score (nSPS) is 12.8. The summed E-state index contributed by atoms with van der Waals surface area (Å²) in [6.45, 7) is 10.1. The number of ketones is 2. The number of aliphatic imine (C=N–C) groups is 1. The van der Waals surface area contributed by atoms with Crippen molar-refractivity contribution >= 4 is 29.7 Å². The molecule has 0 saturated carbocycles. The number of benzene rings is 2. The average Bonchev–Trinajstić information content (AvgIpc) is 2.87. The second kappa shape index (κ2) is 16.1. The Labute approximate surface area is 218 Å². The average molecular weight is 491 g/mol. The summed E-state index contributed by atoms with van der Waals surface area (Å²) in [5, 5.41) is 0. The fourth-order valence-electron chi connectivity index (χ4n) is 5.22. The monoisotopic (exact) mass is 490 g/mol. The third-order valence-electron chi connectivity index (χ3n) is 7.33. The second-order valence-electron chi connectivity index (χ2n) is 10.3. The fraction of sp³-hybridized carbons (Fsp3) is 0.531. The number of aryl methyl sites for hydroxylation is 2. The first-order chi connectivity index (χ1) is 17.4. The van der Waals surface area contributed by atoms with Crippen LogP contribution in [0.15, 0.2) is 47.5 Å². The molecule has 2 unspecified atom stereocenters. The third-order valence-corrected chi connectivity index (χ3v) is 7.33. The van der Waals surface area contributed by atoms with Crippen LogP contribution in [-0.4, -0.2) is 18.3 Å². The molecule has 4 nitrogen and oxygen atoms in total. The predicted octanol–water partition coefficient (Wildman–Crippen LogP) is 8.47. The highest BCUT2D eigenvalue weighted by molar-refractivity contribution is 5.97. The van der Waals surface area contributed by atoms with Crippen molar-refractivity contribution in [3.05, 3.63) is 59.2 Å². The maximum Gasteiger partial charge on any atom is 0.162 e. The Bertz CT molecular complexity index is 965. The standard InChI is InChI=1S/C32H46N2O2/c1-5-9-26(11-7-13-29(35)21-19-25-17-15-24(3)16-18-25)27(10-6-2)12-8-14-32(36)28-20-22-30(33)31(23-28)34-4/h15-18,20,22-23,26-27H,4-14,19,21,33H2,1-3H3. The lowest BCUT2D eigenvalue weighted by Gasteiger charge is -2.27. The minimum Gasteiger partial charge on any atom is -0.397 e. The molecule has 0 aliphatic heterocycles. The van der Waals surface area contributed by atoms with Crippen molar-refractivity contribution in [3.63, 3.8) is 0 Å². The molecule has 2 aromatic rings. The van der Waals surface area contributed by atoms with Gasteiger partial charge in [0.15, 0.2) is 5.78 Å². The van der Waals surface area contributed by atoms with Gasteiger partial charge in [0.1, 0.15) is 5.78 Å². The van der Waals surface area contributed by atoms with Gasteiger partial charge in [0.2, 0.25) is 0 Å². The minimum atomic E-state index is 0.140. The van der Waals surface area contributed by atoms with Gasteiger partial charge in [-0.2, -0.15) is 0 Å². The second-order valence-corrected chi connectivity index (χ2v) is 10.3. The third kappa shape index (κ3) is 10.1. The van der Waals surface area contributed by atoms with E-state index < -0.39 is 0 Å². The van der Waals surface area contributed by atoms with Crippen molar-refractivity contribution in [3.8, 4) is 0 Å². The highest BCUT2D eigenvalue weighted by Gasteiger charge is 2.21. The molecule has 0 saturated heterocycles. The molecule has 2 aromatic carbocycles. The highest BCUT2D eigenvalue weighted by Crippen LogP contribution is 2.32. The fourth-order valence-corrected chi connectivity index (χ4v) is 5.22. The molecule has 0 bridgehead atoms. The largest absolute Gasteiger partial charge is 0.397 e. The van der Waals surface area contributed by atoms with Crippen molar-refractivity contribution < 1.29 is 9.59 Å². The van der Waals surface area contributed by atoms with Crippen LogP contribution in [0.4, 0.5) is 11.4 Å². The number of nitrogen functional groups attached to an aromatic ring is 1. The first kappa shape index (κ1) is 29.5. The van der Waals surface area contributed by atoms with E-state index in [-0.39, 0.29) is 5.78 Å². The van der Waals surface area contributed by atoms with Gasteiger partial charge < -0.3 is 5.73 Å². The summed E-state index contributed by atoms with van der Waals surface area (Å²) in [6.07, 6.45) is 11.4. The summed E-state index contributed by atoms with van der Waals surface area (Å²) in [7, 11) is 0. The molecular weight excluding hydrogens is 444 g/mol. The quantitative estimate of drug-likeness (QED) is 0.129. The van der Waals surface area contributed by atoms with E-state index in [4.69, 9.17) is 5.73 Å². The van der Waals surface area contributed by atoms with Gasteiger partial charge in [-0.05, 0) is 81.3 Å². The summed E-state index contributed by atoms with van der Waals surface area (Å²) in [4.78, 5) is 29.2. The maximum absolute atomic E-state index is 12.7. The number of rotatable bonds is 18. The number of carbonyl (C=O) groups excluding carboxylic acids is 2. The number of anilines is 1. The molecule has 2 rings (SSSR count). The van der Waals surface area contributed by atoms with Crippen molar-refractivity contribution in [1.82, 2.24) is 0 Å². The molecule has 0 spiro atoms. The van der Waals surface area contributed by atoms with Crippen molar-refractivity contribution in [2.75, 3.05) is 5.73 Å². The Kier molecular flexibility index (Phi) is 13.2. The van der Waals surface area contributed by atoms with Gasteiger partial charge in [-0.25, -0.2) is 0 Å². The van der Waals surface area contributed by atoms with Crippen LogP contribution in [0.5, 0.6) is 0 Å². The lowest BCUT2D eigenvalue weighted by Crippen LogP contribution is -2.16. The number of carbonyl (C=O) groups is 2. The van der Waals surface area contributed by atoms with E-state index in [1.165, 1.54) is 24.0 Å². The summed E-state index contributed by atoms with van der Waals surface area (Å²) < 4.78 is 0. The summed E-state index contributed by atoms with van der Waals surface area (Å²) >= 11 is 0. The molecular formula is C32H46N2O2. The van der Waals surface area contributed by atoms with E-state index in [1.807, 2.05) is 0 Å². The Morgan fingerprint density at radius 2 is 1.47 bits per heavy atom. The topological polar surface area (TPSA) is 72.5 Å². The van der Waals surface area contributed by atoms with E-state index >= 15 is 0 Å². The highest BCUT2D eigenvalue weighted by atomic mass is 16.1. The Balaban J connectivity index is 1.82. The number of nitrogens with two attached hydrogens (primary N) is 1. The number of nitrogens with zero attached hydrogens (tertiary/aromatic N) is 1. The van der Waals surface area contributed by atoms with Crippen molar-refractivity contribution in [2.45, 2.75) is 97.8 Å². The van der Waals surface area contributed by atoms with Crippen LogP contribution in [0.1, 0.15) is 106 Å². The summed E-state index contributed by atoms with van der Waals surface area (Å²) in [5.41, 5.74) is 10.1. The molecule has 0 radical (unpaired) electrons. The number of hydrogen-bond donors (Lipinski definition) is 1. The molecule has 0 aliphatic rings. The maximum atomic E-state index is 12.7. The molecule has 0 aliphatic carbocycles. The lowest BCUT2D eigenvalue weighted by molar-refractivity contribution is -0.119. The molecule has 196 valence electrons. The molecule has 4 heteroatoms. The van der Waals surface area contributed by atoms with Crippen molar-refractivity contribution in [1.29, 1.82) is 0 Å². The zero-order valence-electron chi connectivity index (χ0n) is 22.7. The van der Waals surface area contributed by atoms with Gasteiger partial charge >= 0.3 is 0 Å². The van der Waals surface area contributed by atoms with Crippen LogP contribution in [-0.2, 0) is 11.2 Å². The zero-order chi connectivity index (χ0) is 26.3. The van der Waals surface area contributed by atoms with Gasteiger partial charge in [0, 0.05) is 24.8 Å². The first-order valence-electron chi connectivity index (χ1n) is 13.8. The molecule has 36 heavy (non-hydrogen) atoms. The van der Waals surface area contributed by atoms with Gasteiger partial charge in [0.05, 0.1) is 11.4 Å². The van der Waals surface area contributed by atoms with Crippen LogP contribution in [0.2, 0.25) is 0 Å². The van der Waals surface area contributed by atoms with Gasteiger partial charge in [-0.1, -0.05) is 69.4 Å². The Morgan fingerprint density at radius 1 is 0.861 bits per heavy atom. The van der Waals surface area contributed by atoms with Crippen LogP contribution < -0.4 is 5.73 Å². The minimum absolute atomic E-state index is 0.140. The van der Waals surface area contributed by atoms with Crippen LogP contribution in [0.3, 0.4) is 0 Å². The molecule has 2 N–H and O–H groups in total. The van der Waals surface area contributed by atoms with Crippen LogP contribution >= 0.6 is 0 Å². The van der Waals surface area contributed by atoms with E-state index in [2.05, 4.69) is 56.7 Å². The summed E-state index contributed by atoms with van der Waals surface area (Å²) in [6, 6.07) is 13.7. The first-order valence-corrected chi connectivity index (χ1v) is 13.8. The van der Waals surface area contributed by atoms with Crippen LogP contribution in [0, 0.1) is 18.8 Å². The van der Waals surface area contributed by atoms with Crippen LogP contribution in [0.25, 0.3) is 0 Å². The molecule has 0 aromatic heterocycles.